The van der Waals surface area contributed by atoms with Crippen molar-refractivity contribution >= 4 is 0 Å². The number of hydrogen-bond donors (Lipinski definition) is 0. The molecule has 2 bridgehead atoms. The summed E-state index contributed by atoms with van der Waals surface area (Å²) in [6.45, 7) is 4.17. The van der Waals surface area contributed by atoms with Crippen LogP contribution in [0.2, 0.25) is 0 Å². The number of rotatable bonds is 11. The van der Waals surface area contributed by atoms with E-state index in [-0.39, 0.29) is 12.8 Å². The Hall–Kier alpha value is -0.670. The van der Waals surface area contributed by atoms with E-state index in [4.69, 9.17) is 0 Å². The van der Waals surface area contributed by atoms with E-state index in [0.29, 0.717) is 12.8 Å². The first-order valence-electron chi connectivity index (χ1n) is 11.4. The number of halogens is 9. The Bertz CT molecular complexity index is 602. The highest BCUT2D eigenvalue weighted by Crippen LogP contribution is 2.67. The van der Waals surface area contributed by atoms with Gasteiger partial charge in [0, 0.05) is 18.4 Å². The molecule has 190 valence electrons. The van der Waals surface area contributed by atoms with Crippen LogP contribution >= 0.6 is 0 Å². The Morgan fingerprint density at radius 2 is 1.28 bits per heavy atom. The average molecular weight is 484 g/mol. The Labute approximate surface area is 183 Å². The lowest BCUT2D eigenvalue weighted by molar-refractivity contribution is -0.385. The predicted octanol–water partition coefficient (Wildman–Crippen LogP) is 8.27. The van der Waals surface area contributed by atoms with Crippen LogP contribution < -0.4 is 0 Å². The Morgan fingerprint density at radius 1 is 0.781 bits per heavy atom. The van der Waals surface area contributed by atoms with Crippen molar-refractivity contribution in [3.05, 3.63) is 0 Å². The molecule has 0 amide bonds. The van der Waals surface area contributed by atoms with Gasteiger partial charge in [0.05, 0.1) is 0 Å². The first kappa shape index (κ1) is 27.6. The second-order valence-corrected chi connectivity index (χ2v) is 9.59. The average Bonchev–Trinajstić information content (AvgIpc) is 3.06. The van der Waals surface area contributed by atoms with Crippen molar-refractivity contribution < 1.29 is 44.3 Å². The van der Waals surface area contributed by atoms with Crippen LogP contribution in [0, 0.1) is 23.7 Å². The summed E-state index contributed by atoms with van der Waals surface area (Å²) in [7, 11) is 0. The molecule has 2 aliphatic carbocycles. The first-order chi connectivity index (χ1) is 14.6. The van der Waals surface area contributed by atoms with Crippen molar-refractivity contribution in [2.45, 2.75) is 108 Å². The van der Waals surface area contributed by atoms with Gasteiger partial charge in [0.1, 0.15) is 0 Å². The van der Waals surface area contributed by atoms with Gasteiger partial charge in [0.2, 0.25) is 0 Å². The molecule has 0 radical (unpaired) electrons. The number of fused-ring (bicyclic) bond motifs is 2. The van der Waals surface area contributed by atoms with E-state index in [9.17, 15) is 35.1 Å². The normalized spacial score (nSPS) is 32.6. The van der Waals surface area contributed by atoms with Crippen molar-refractivity contribution in [3.8, 4) is 0 Å². The molecule has 1 nitrogen and oxygen atoms in total. The molecule has 0 N–H and O–H groups in total. The fraction of sp³-hybridized carbons (Fsp3) is 1.00. The van der Waals surface area contributed by atoms with E-state index < -0.39 is 72.7 Å². The molecule has 5 unspecified atom stereocenters. The van der Waals surface area contributed by atoms with Gasteiger partial charge in [-0.3, -0.25) is 0 Å². The van der Waals surface area contributed by atoms with Crippen molar-refractivity contribution in [1.29, 1.82) is 0 Å². The van der Waals surface area contributed by atoms with Gasteiger partial charge in [-0.05, 0) is 37.5 Å². The van der Waals surface area contributed by atoms with Gasteiger partial charge in [-0.25, -0.2) is 13.2 Å². The Morgan fingerprint density at radius 3 is 1.78 bits per heavy atom. The van der Waals surface area contributed by atoms with Crippen LogP contribution in [-0.2, 0) is 4.74 Å². The minimum absolute atomic E-state index is 0.0339. The topological polar surface area (TPSA) is 9.23 Å². The molecule has 0 saturated heterocycles. The van der Waals surface area contributed by atoms with Crippen LogP contribution in [0.4, 0.5) is 39.5 Å². The third kappa shape index (κ3) is 4.63. The van der Waals surface area contributed by atoms with Crippen molar-refractivity contribution in [1.82, 2.24) is 0 Å². The summed E-state index contributed by atoms with van der Waals surface area (Å²) in [5.74, 6) is -7.76. The fourth-order valence-electron chi connectivity index (χ4n) is 5.59. The van der Waals surface area contributed by atoms with Crippen LogP contribution in [-0.4, -0.2) is 36.2 Å². The second kappa shape index (κ2) is 9.53. The lowest BCUT2D eigenvalue weighted by atomic mass is 9.69. The summed E-state index contributed by atoms with van der Waals surface area (Å²) < 4.78 is 132. The Kier molecular flexibility index (Phi) is 8.21. The highest BCUT2D eigenvalue weighted by molar-refractivity contribution is 5.17. The summed E-state index contributed by atoms with van der Waals surface area (Å²) in [6.07, 6.45) is -11.9. The molecule has 0 aromatic carbocycles. The highest BCUT2D eigenvalue weighted by atomic mass is 19.4. The molecule has 0 spiro atoms. The largest absolute Gasteiger partial charge is 0.426 e. The quantitative estimate of drug-likeness (QED) is 0.212. The molecule has 2 aliphatic rings. The lowest BCUT2D eigenvalue weighted by Crippen LogP contribution is -2.61. The number of unbranched alkanes of at least 4 members (excludes halogenated alkanes) is 5. The van der Waals surface area contributed by atoms with Crippen LogP contribution in [0.3, 0.4) is 0 Å². The monoisotopic (exact) mass is 484 g/mol. The summed E-state index contributed by atoms with van der Waals surface area (Å²) in [5, 5.41) is 0. The number of alkyl halides is 9. The summed E-state index contributed by atoms with van der Waals surface area (Å²) in [6, 6.07) is 0. The molecule has 10 heteroatoms. The number of hydrogen-bond acceptors (Lipinski definition) is 1. The van der Waals surface area contributed by atoms with Gasteiger partial charge in [0.25, 0.3) is 11.5 Å². The Balaban J connectivity index is 2.19. The first-order valence-corrected chi connectivity index (χ1v) is 11.4. The van der Waals surface area contributed by atoms with E-state index in [0.717, 1.165) is 19.3 Å². The molecular weight excluding hydrogens is 451 g/mol. The zero-order valence-electron chi connectivity index (χ0n) is 18.7. The molecule has 32 heavy (non-hydrogen) atoms. The maximum atomic E-state index is 15.5. The summed E-state index contributed by atoms with van der Waals surface area (Å²) >= 11 is 0. The molecule has 2 fully saturated rings. The van der Waals surface area contributed by atoms with E-state index in [1.165, 1.54) is 13.8 Å². The summed E-state index contributed by atoms with van der Waals surface area (Å²) in [5.41, 5.74) is -8.09. The second-order valence-electron chi connectivity index (χ2n) is 9.59. The van der Waals surface area contributed by atoms with Gasteiger partial charge in [0.15, 0.2) is 5.67 Å². The summed E-state index contributed by atoms with van der Waals surface area (Å²) in [4.78, 5) is 0. The molecular formula is C22H33F9O. The fourth-order valence-corrected chi connectivity index (χ4v) is 5.59. The molecule has 0 aromatic rings. The molecule has 5 atom stereocenters. The van der Waals surface area contributed by atoms with Gasteiger partial charge in [-0.15, -0.1) is 0 Å². The van der Waals surface area contributed by atoms with Crippen LogP contribution in [0.15, 0.2) is 0 Å². The molecule has 0 aromatic heterocycles. The standard InChI is InChI=1S/C22H33F9O/c1-4-5-6-7-8-9-12-32-19(21(26,27)28,22(29,30)31)11-10-18(23)16-13-17(20(18,24)25)15(3)14(16)2/h14-17H,4-13H2,1-3H3. The van der Waals surface area contributed by atoms with Crippen LogP contribution in [0.5, 0.6) is 0 Å². The van der Waals surface area contributed by atoms with Crippen molar-refractivity contribution in [2.24, 2.45) is 23.7 Å². The van der Waals surface area contributed by atoms with Crippen molar-refractivity contribution in [2.75, 3.05) is 6.61 Å². The SMILES string of the molecule is CCCCCCCCOC(CCC1(F)C2CC(C(C)C2C)C1(F)F)(C(F)(F)F)C(F)(F)F. The maximum Gasteiger partial charge on any atom is 0.426 e. The van der Waals surface area contributed by atoms with Gasteiger partial charge < -0.3 is 4.74 Å². The highest BCUT2D eigenvalue weighted by Gasteiger charge is 2.77. The van der Waals surface area contributed by atoms with E-state index in [2.05, 4.69) is 4.74 Å². The minimum atomic E-state index is -5.92. The predicted molar refractivity (Wildman–Crippen MR) is 102 cm³/mol. The zero-order valence-corrected chi connectivity index (χ0v) is 18.7. The van der Waals surface area contributed by atoms with E-state index in [1.807, 2.05) is 6.92 Å². The van der Waals surface area contributed by atoms with Gasteiger partial charge in [-0.1, -0.05) is 52.9 Å². The third-order valence-corrected chi connectivity index (χ3v) is 7.82. The van der Waals surface area contributed by atoms with Crippen LogP contribution in [0.1, 0.15) is 78.6 Å². The zero-order chi connectivity index (χ0) is 24.6. The molecule has 2 rings (SSSR count). The van der Waals surface area contributed by atoms with Crippen LogP contribution in [0.25, 0.3) is 0 Å². The number of ether oxygens (including phenoxy) is 1. The van der Waals surface area contributed by atoms with Crippen molar-refractivity contribution in [3.63, 3.8) is 0 Å². The van der Waals surface area contributed by atoms with E-state index in [1.54, 1.807) is 0 Å². The smallest absolute Gasteiger partial charge is 0.358 e. The molecule has 0 aliphatic heterocycles. The van der Waals surface area contributed by atoms with E-state index >= 15 is 4.39 Å². The maximum absolute atomic E-state index is 15.5. The van der Waals surface area contributed by atoms with Gasteiger partial charge in [-0.2, -0.15) is 26.3 Å². The molecule has 0 heterocycles. The minimum Gasteiger partial charge on any atom is -0.358 e. The lowest BCUT2D eigenvalue weighted by Gasteiger charge is -2.45. The third-order valence-electron chi connectivity index (χ3n) is 7.82. The van der Waals surface area contributed by atoms with Gasteiger partial charge >= 0.3 is 12.4 Å². The molecule has 2 saturated carbocycles.